The van der Waals surface area contributed by atoms with Gasteiger partial charge in [0.05, 0.1) is 5.56 Å². The molecule has 0 bridgehead atoms. The molecule has 2 aromatic heterocycles. The number of nitrogens with two attached hydrogens (primary N) is 1. The summed E-state index contributed by atoms with van der Waals surface area (Å²) in [5.74, 6) is 0.162. The standard InChI is InChI=1S/C13H9ClN4O2/c14-8-3-1-2-7(6-8)11-12(18-20-13(11)15)9-4-5-10(19)17-16-9/h1-6H,15H2,(H,17,19). The van der Waals surface area contributed by atoms with Crippen LogP contribution in [0.15, 0.2) is 45.7 Å². The summed E-state index contributed by atoms with van der Waals surface area (Å²) in [6.45, 7) is 0. The Labute approximate surface area is 118 Å². The predicted octanol–water partition coefficient (Wildman–Crippen LogP) is 2.33. The quantitative estimate of drug-likeness (QED) is 0.754. The Bertz CT molecular complexity index is 805. The molecule has 0 aliphatic rings. The molecule has 100 valence electrons. The second-order valence-electron chi connectivity index (χ2n) is 4.09. The van der Waals surface area contributed by atoms with Crippen molar-refractivity contribution in [2.45, 2.75) is 0 Å². The maximum atomic E-state index is 11.1. The molecule has 3 aromatic rings. The van der Waals surface area contributed by atoms with Crippen LogP contribution < -0.4 is 11.3 Å². The van der Waals surface area contributed by atoms with Gasteiger partial charge in [-0.1, -0.05) is 28.9 Å². The predicted molar refractivity (Wildman–Crippen MR) is 75.2 cm³/mol. The number of H-pyrrole nitrogens is 1. The van der Waals surface area contributed by atoms with E-state index in [9.17, 15) is 4.79 Å². The maximum absolute atomic E-state index is 11.1. The Hall–Kier alpha value is -2.60. The van der Waals surface area contributed by atoms with Crippen LogP contribution in [0.1, 0.15) is 0 Å². The zero-order chi connectivity index (χ0) is 14.1. The van der Waals surface area contributed by atoms with Crippen LogP contribution in [0, 0.1) is 0 Å². The fourth-order valence-corrected chi connectivity index (χ4v) is 2.07. The normalized spacial score (nSPS) is 10.7. The monoisotopic (exact) mass is 288 g/mol. The number of rotatable bonds is 2. The Morgan fingerprint density at radius 2 is 2.10 bits per heavy atom. The average Bonchev–Trinajstić information content (AvgIpc) is 2.81. The lowest BCUT2D eigenvalue weighted by molar-refractivity contribution is 0.439. The maximum Gasteiger partial charge on any atom is 0.264 e. The first-order chi connectivity index (χ1) is 9.65. The van der Waals surface area contributed by atoms with E-state index in [1.54, 1.807) is 24.3 Å². The van der Waals surface area contributed by atoms with Crippen molar-refractivity contribution in [3.8, 4) is 22.5 Å². The number of anilines is 1. The summed E-state index contributed by atoms with van der Waals surface area (Å²) >= 11 is 5.98. The number of nitrogen functional groups attached to an aromatic ring is 1. The number of hydrogen-bond donors (Lipinski definition) is 2. The number of aromatic nitrogens is 3. The Morgan fingerprint density at radius 3 is 2.80 bits per heavy atom. The highest BCUT2D eigenvalue weighted by atomic mass is 35.5. The molecule has 0 unspecified atom stereocenters. The molecule has 7 heteroatoms. The molecule has 3 N–H and O–H groups in total. The van der Waals surface area contributed by atoms with Crippen molar-refractivity contribution < 1.29 is 4.52 Å². The molecule has 0 fully saturated rings. The van der Waals surface area contributed by atoms with Crippen molar-refractivity contribution in [1.29, 1.82) is 0 Å². The lowest BCUT2D eigenvalue weighted by Gasteiger charge is -2.02. The summed E-state index contributed by atoms with van der Waals surface area (Å²) < 4.78 is 5.03. The zero-order valence-electron chi connectivity index (χ0n) is 10.1. The van der Waals surface area contributed by atoms with Gasteiger partial charge in [-0.15, -0.1) is 0 Å². The van der Waals surface area contributed by atoms with Gasteiger partial charge in [-0.25, -0.2) is 5.10 Å². The first-order valence-corrected chi connectivity index (χ1v) is 6.10. The summed E-state index contributed by atoms with van der Waals surface area (Å²) in [5, 5.41) is 10.7. The van der Waals surface area contributed by atoms with Crippen LogP contribution in [0.25, 0.3) is 22.5 Å². The van der Waals surface area contributed by atoms with Crippen molar-refractivity contribution in [2.24, 2.45) is 0 Å². The van der Waals surface area contributed by atoms with E-state index >= 15 is 0 Å². The van der Waals surface area contributed by atoms with Gasteiger partial charge in [-0.2, -0.15) is 5.10 Å². The molecule has 6 nitrogen and oxygen atoms in total. The van der Waals surface area contributed by atoms with Crippen molar-refractivity contribution in [3.05, 3.63) is 51.8 Å². The molecule has 0 amide bonds. The van der Waals surface area contributed by atoms with Crippen molar-refractivity contribution in [3.63, 3.8) is 0 Å². The van der Waals surface area contributed by atoms with Crippen LogP contribution >= 0.6 is 11.6 Å². The molecule has 0 atom stereocenters. The molecule has 0 aliphatic heterocycles. The molecule has 0 saturated heterocycles. The minimum Gasteiger partial charge on any atom is -0.367 e. The largest absolute Gasteiger partial charge is 0.367 e. The fraction of sp³-hybridized carbons (Fsp3) is 0. The van der Waals surface area contributed by atoms with E-state index in [1.807, 2.05) is 6.07 Å². The second-order valence-corrected chi connectivity index (χ2v) is 4.52. The van der Waals surface area contributed by atoms with Crippen LogP contribution in [-0.4, -0.2) is 15.4 Å². The smallest absolute Gasteiger partial charge is 0.264 e. The number of nitrogens with one attached hydrogen (secondary N) is 1. The minimum absolute atomic E-state index is 0.162. The molecule has 0 radical (unpaired) electrons. The van der Waals surface area contributed by atoms with Gasteiger partial charge < -0.3 is 10.3 Å². The van der Waals surface area contributed by atoms with Crippen LogP contribution in [0.5, 0.6) is 0 Å². The van der Waals surface area contributed by atoms with Gasteiger partial charge >= 0.3 is 0 Å². The first kappa shape index (κ1) is 12.4. The Kier molecular flexibility index (Phi) is 3.00. The molecule has 0 aliphatic carbocycles. The Morgan fingerprint density at radius 1 is 1.25 bits per heavy atom. The van der Waals surface area contributed by atoms with E-state index in [0.717, 1.165) is 5.56 Å². The number of halogens is 1. The third kappa shape index (κ3) is 2.17. The molecular formula is C13H9ClN4O2. The van der Waals surface area contributed by atoms with Gasteiger partial charge in [0, 0.05) is 11.1 Å². The lowest BCUT2D eigenvalue weighted by Crippen LogP contribution is -2.05. The Balaban J connectivity index is 2.19. The van der Waals surface area contributed by atoms with Gasteiger partial charge in [0.1, 0.15) is 11.4 Å². The SMILES string of the molecule is Nc1onc(-c2ccc(=O)[nH]n2)c1-c1cccc(Cl)c1. The molecule has 0 saturated carbocycles. The van der Waals surface area contributed by atoms with Gasteiger partial charge in [-0.3, -0.25) is 4.79 Å². The van der Waals surface area contributed by atoms with E-state index in [1.165, 1.54) is 6.07 Å². The third-order valence-electron chi connectivity index (χ3n) is 2.75. The summed E-state index contributed by atoms with van der Waals surface area (Å²) in [5.41, 5.74) is 7.78. The molecule has 0 spiro atoms. The average molecular weight is 289 g/mol. The molecule has 3 rings (SSSR count). The van der Waals surface area contributed by atoms with Crippen LogP contribution in [0.4, 0.5) is 5.88 Å². The van der Waals surface area contributed by atoms with Crippen molar-refractivity contribution in [1.82, 2.24) is 15.4 Å². The third-order valence-corrected chi connectivity index (χ3v) is 2.99. The van der Waals surface area contributed by atoms with Crippen molar-refractivity contribution in [2.75, 3.05) is 5.73 Å². The molecule has 20 heavy (non-hydrogen) atoms. The number of nitrogens with zero attached hydrogens (tertiary/aromatic N) is 2. The summed E-state index contributed by atoms with van der Waals surface area (Å²) in [7, 11) is 0. The van der Waals surface area contributed by atoms with Gasteiger partial charge in [0.2, 0.25) is 5.88 Å². The highest BCUT2D eigenvalue weighted by Crippen LogP contribution is 2.35. The number of hydrogen-bond acceptors (Lipinski definition) is 5. The molecule has 1 aromatic carbocycles. The van der Waals surface area contributed by atoms with E-state index in [4.69, 9.17) is 21.9 Å². The summed E-state index contributed by atoms with van der Waals surface area (Å²) in [6, 6.07) is 10.0. The molecular weight excluding hydrogens is 280 g/mol. The number of benzene rings is 1. The van der Waals surface area contributed by atoms with Gasteiger partial charge in [-0.05, 0) is 23.8 Å². The highest BCUT2D eigenvalue weighted by molar-refractivity contribution is 6.30. The van der Waals surface area contributed by atoms with E-state index in [-0.39, 0.29) is 11.4 Å². The zero-order valence-corrected chi connectivity index (χ0v) is 10.9. The van der Waals surface area contributed by atoms with E-state index in [0.29, 0.717) is 22.0 Å². The van der Waals surface area contributed by atoms with Crippen molar-refractivity contribution >= 4 is 17.5 Å². The summed E-state index contributed by atoms with van der Waals surface area (Å²) in [6.07, 6.45) is 0. The second kappa shape index (κ2) is 4.82. The van der Waals surface area contributed by atoms with E-state index < -0.39 is 0 Å². The van der Waals surface area contributed by atoms with Crippen LogP contribution in [0.2, 0.25) is 5.02 Å². The highest BCUT2D eigenvalue weighted by Gasteiger charge is 2.18. The van der Waals surface area contributed by atoms with E-state index in [2.05, 4.69) is 15.4 Å². The first-order valence-electron chi connectivity index (χ1n) is 5.72. The van der Waals surface area contributed by atoms with Crippen LogP contribution in [-0.2, 0) is 0 Å². The fourth-order valence-electron chi connectivity index (χ4n) is 1.88. The minimum atomic E-state index is -0.297. The summed E-state index contributed by atoms with van der Waals surface area (Å²) in [4.78, 5) is 11.1. The topological polar surface area (TPSA) is 97.8 Å². The van der Waals surface area contributed by atoms with Gasteiger partial charge in [0.25, 0.3) is 5.56 Å². The molecule has 2 heterocycles. The van der Waals surface area contributed by atoms with Gasteiger partial charge in [0.15, 0.2) is 0 Å². The lowest BCUT2D eigenvalue weighted by atomic mass is 10.0. The number of aromatic amines is 1. The van der Waals surface area contributed by atoms with Crippen LogP contribution in [0.3, 0.4) is 0 Å².